The van der Waals surface area contributed by atoms with Crippen molar-refractivity contribution in [1.29, 1.82) is 0 Å². The van der Waals surface area contributed by atoms with Crippen LogP contribution in [0.5, 0.6) is 0 Å². The van der Waals surface area contributed by atoms with Gasteiger partial charge in [0, 0.05) is 23.4 Å². The fourth-order valence-electron chi connectivity index (χ4n) is 3.18. The summed E-state index contributed by atoms with van der Waals surface area (Å²) >= 11 is 0. The van der Waals surface area contributed by atoms with E-state index in [-0.39, 0.29) is 23.8 Å². The van der Waals surface area contributed by atoms with Gasteiger partial charge >= 0.3 is 0 Å². The molecule has 4 aromatic rings. The van der Waals surface area contributed by atoms with Crippen LogP contribution in [-0.4, -0.2) is 11.8 Å². The van der Waals surface area contributed by atoms with Gasteiger partial charge in [-0.1, -0.05) is 48.5 Å². The molecular formula is C25H19FN2O3. The molecule has 6 heteroatoms. The molecule has 4 rings (SSSR count). The van der Waals surface area contributed by atoms with E-state index in [1.807, 2.05) is 36.4 Å². The molecule has 0 unspecified atom stereocenters. The lowest BCUT2D eigenvalue weighted by atomic mass is 10.1. The Balaban J connectivity index is 1.42. The van der Waals surface area contributed by atoms with Gasteiger partial charge in [0.25, 0.3) is 11.8 Å². The van der Waals surface area contributed by atoms with Crippen molar-refractivity contribution in [2.75, 3.05) is 5.32 Å². The van der Waals surface area contributed by atoms with E-state index in [9.17, 15) is 14.0 Å². The first-order valence-corrected chi connectivity index (χ1v) is 9.67. The Morgan fingerprint density at radius 2 is 1.65 bits per heavy atom. The quantitative estimate of drug-likeness (QED) is 0.452. The highest BCUT2D eigenvalue weighted by Crippen LogP contribution is 2.24. The molecule has 3 aromatic carbocycles. The highest BCUT2D eigenvalue weighted by atomic mass is 19.1. The Morgan fingerprint density at radius 1 is 0.839 bits per heavy atom. The Kier molecular flexibility index (Phi) is 5.89. The lowest BCUT2D eigenvalue weighted by molar-refractivity contribution is 0.0923. The van der Waals surface area contributed by atoms with Crippen molar-refractivity contribution in [2.45, 2.75) is 6.54 Å². The first kappa shape index (κ1) is 20.1. The number of carbonyl (C=O) groups is 2. The smallest absolute Gasteiger partial charge is 0.287 e. The van der Waals surface area contributed by atoms with Gasteiger partial charge in [0.2, 0.25) is 0 Å². The Bertz CT molecular complexity index is 1220. The molecule has 0 spiro atoms. The summed E-state index contributed by atoms with van der Waals surface area (Å²) in [6.07, 6.45) is 1.49. The molecule has 2 N–H and O–H groups in total. The number of halogens is 1. The summed E-state index contributed by atoms with van der Waals surface area (Å²) in [6.45, 7) is 0.247. The first-order valence-electron chi connectivity index (χ1n) is 9.67. The summed E-state index contributed by atoms with van der Waals surface area (Å²) in [5.41, 5.74) is 3.17. The van der Waals surface area contributed by atoms with Gasteiger partial charge in [-0.05, 0) is 47.5 Å². The standard InChI is InChI=1S/C25H19FN2O3/c26-20-10-5-9-19(15-20)24(29)28-21-11-4-6-17(14-21)16-27-25(30)23-22(12-13-31-23)18-7-2-1-3-8-18/h1-15H,16H2,(H,27,30)(H,28,29). The van der Waals surface area contributed by atoms with Crippen LogP contribution in [0.15, 0.2) is 95.6 Å². The van der Waals surface area contributed by atoms with Crippen molar-refractivity contribution < 1.29 is 18.4 Å². The minimum atomic E-state index is -0.475. The van der Waals surface area contributed by atoms with E-state index in [0.717, 1.165) is 11.1 Å². The maximum Gasteiger partial charge on any atom is 0.287 e. The predicted molar refractivity (Wildman–Crippen MR) is 116 cm³/mol. The fourth-order valence-corrected chi connectivity index (χ4v) is 3.18. The van der Waals surface area contributed by atoms with Crippen LogP contribution in [0.1, 0.15) is 26.5 Å². The van der Waals surface area contributed by atoms with Gasteiger partial charge in [-0.25, -0.2) is 4.39 Å². The second-order valence-electron chi connectivity index (χ2n) is 6.88. The maximum atomic E-state index is 13.3. The zero-order valence-corrected chi connectivity index (χ0v) is 16.5. The van der Waals surface area contributed by atoms with Gasteiger partial charge in [0.1, 0.15) is 5.82 Å². The number of rotatable bonds is 6. The van der Waals surface area contributed by atoms with Crippen molar-refractivity contribution in [2.24, 2.45) is 0 Å². The molecule has 0 radical (unpaired) electrons. The van der Waals surface area contributed by atoms with Gasteiger partial charge in [0.05, 0.1) is 6.26 Å². The number of furan rings is 1. The summed E-state index contributed by atoms with van der Waals surface area (Å²) < 4.78 is 18.7. The second kappa shape index (κ2) is 9.09. The summed E-state index contributed by atoms with van der Waals surface area (Å²) in [6, 6.07) is 23.8. The second-order valence-corrected chi connectivity index (χ2v) is 6.88. The Hall–Kier alpha value is -4.19. The number of benzene rings is 3. The molecular weight excluding hydrogens is 395 g/mol. The summed E-state index contributed by atoms with van der Waals surface area (Å²) in [5, 5.41) is 5.57. The van der Waals surface area contributed by atoms with E-state index in [4.69, 9.17) is 4.42 Å². The normalized spacial score (nSPS) is 10.5. The summed E-state index contributed by atoms with van der Waals surface area (Å²) in [7, 11) is 0. The van der Waals surface area contributed by atoms with Crippen molar-refractivity contribution in [1.82, 2.24) is 5.32 Å². The van der Waals surface area contributed by atoms with Crippen molar-refractivity contribution in [3.63, 3.8) is 0 Å². The number of carbonyl (C=O) groups excluding carboxylic acids is 2. The Labute approximate surface area is 178 Å². The van der Waals surface area contributed by atoms with Crippen LogP contribution < -0.4 is 10.6 Å². The molecule has 0 aliphatic heterocycles. The lowest BCUT2D eigenvalue weighted by Gasteiger charge is -2.09. The third kappa shape index (κ3) is 4.87. The topological polar surface area (TPSA) is 71.3 Å². The average Bonchev–Trinajstić information content (AvgIpc) is 3.28. The largest absolute Gasteiger partial charge is 0.459 e. The van der Waals surface area contributed by atoms with Crippen LogP contribution in [0.25, 0.3) is 11.1 Å². The minimum Gasteiger partial charge on any atom is -0.459 e. The van der Waals surface area contributed by atoms with Gasteiger partial charge in [0.15, 0.2) is 5.76 Å². The van der Waals surface area contributed by atoms with Crippen molar-refractivity contribution >= 4 is 17.5 Å². The van der Waals surface area contributed by atoms with Gasteiger partial charge < -0.3 is 15.1 Å². The average molecular weight is 414 g/mol. The van der Waals surface area contributed by atoms with Gasteiger partial charge in [-0.2, -0.15) is 0 Å². The first-order chi connectivity index (χ1) is 15.1. The number of amides is 2. The third-order valence-corrected chi connectivity index (χ3v) is 4.68. The number of nitrogens with one attached hydrogen (secondary N) is 2. The zero-order chi connectivity index (χ0) is 21.6. The van der Waals surface area contributed by atoms with Crippen LogP contribution in [0.3, 0.4) is 0 Å². The van der Waals surface area contributed by atoms with Crippen LogP contribution in [0.2, 0.25) is 0 Å². The molecule has 1 heterocycles. The minimum absolute atomic E-state index is 0.227. The molecule has 1 aromatic heterocycles. The van der Waals surface area contributed by atoms with Crippen molar-refractivity contribution in [3.8, 4) is 11.1 Å². The number of hydrogen-bond donors (Lipinski definition) is 2. The van der Waals surface area contributed by atoms with Crippen LogP contribution in [0, 0.1) is 5.82 Å². The third-order valence-electron chi connectivity index (χ3n) is 4.68. The molecule has 0 aliphatic rings. The molecule has 0 bridgehead atoms. The molecule has 5 nitrogen and oxygen atoms in total. The monoisotopic (exact) mass is 414 g/mol. The van der Waals surface area contributed by atoms with E-state index < -0.39 is 11.7 Å². The molecule has 0 fully saturated rings. The van der Waals surface area contributed by atoms with E-state index >= 15 is 0 Å². The summed E-state index contributed by atoms with van der Waals surface area (Å²) in [4.78, 5) is 25.0. The lowest BCUT2D eigenvalue weighted by Crippen LogP contribution is -2.23. The maximum absolute atomic E-state index is 13.3. The molecule has 0 saturated heterocycles. The highest BCUT2D eigenvalue weighted by Gasteiger charge is 2.16. The van der Waals surface area contributed by atoms with E-state index in [1.54, 1.807) is 24.3 Å². The molecule has 2 amide bonds. The highest BCUT2D eigenvalue weighted by molar-refractivity contribution is 6.04. The van der Waals surface area contributed by atoms with E-state index in [2.05, 4.69) is 10.6 Å². The SMILES string of the molecule is O=C(Nc1cccc(CNC(=O)c2occc2-c2ccccc2)c1)c1cccc(F)c1. The summed E-state index contributed by atoms with van der Waals surface area (Å²) in [5.74, 6) is -0.986. The van der Waals surface area contributed by atoms with Crippen molar-refractivity contribution in [3.05, 3.63) is 114 Å². The number of hydrogen-bond acceptors (Lipinski definition) is 3. The van der Waals surface area contributed by atoms with Gasteiger partial charge in [-0.15, -0.1) is 0 Å². The predicted octanol–water partition coefficient (Wildman–Crippen LogP) is 5.27. The number of anilines is 1. The molecule has 0 aliphatic carbocycles. The van der Waals surface area contributed by atoms with Crippen LogP contribution in [0.4, 0.5) is 10.1 Å². The van der Waals surface area contributed by atoms with E-state index in [1.165, 1.54) is 30.5 Å². The molecule has 0 saturated carbocycles. The fraction of sp³-hybridized carbons (Fsp3) is 0.0400. The molecule has 31 heavy (non-hydrogen) atoms. The van der Waals surface area contributed by atoms with Gasteiger partial charge in [-0.3, -0.25) is 9.59 Å². The Morgan fingerprint density at radius 3 is 2.45 bits per heavy atom. The zero-order valence-electron chi connectivity index (χ0n) is 16.5. The van der Waals surface area contributed by atoms with E-state index in [0.29, 0.717) is 11.3 Å². The molecule has 154 valence electrons. The van der Waals surface area contributed by atoms with Crippen LogP contribution >= 0.6 is 0 Å². The molecule has 0 atom stereocenters. The van der Waals surface area contributed by atoms with Crippen LogP contribution in [-0.2, 0) is 6.54 Å².